The fraction of sp³-hybridized carbons (Fsp3) is 0.353. The van der Waals surface area contributed by atoms with Crippen molar-refractivity contribution in [1.82, 2.24) is 10.3 Å². The molecule has 4 heteroatoms. The molecule has 0 saturated carbocycles. The monoisotopic (exact) mass is 303 g/mol. The largest absolute Gasteiger partial charge is 0.370 e. The van der Waals surface area contributed by atoms with E-state index in [9.17, 15) is 0 Å². The molecule has 0 aliphatic rings. The zero-order valence-corrected chi connectivity index (χ0v) is 13.4. The number of rotatable bonds is 7. The van der Waals surface area contributed by atoms with Crippen LogP contribution in [-0.2, 0) is 13.1 Å². The fourth-order valence-electron chi connectivity index (χ4n) is 2.29. The maximum atomic E-state index is 6.17. The van der Waals surface area contributed by atoms with Crippen LogP contribution in [0.1, 0.15) is 24.5 Å². The molecular weight excluding hydrogens is 282 g/mol. The second kappa shape index (κ2) is 8.01. The van der Waals surface area contributed by atoms with Gasteiger partial charge in [-0.15, -0.1) is 0 Å². The van der Waals surface area contributed by atoms with E-state index in [0.29, 0.717) is 0 Å². The second-order valence-corrected chi connectivity index (χ2v) is 5.60. The number of halogens is 1. The van der Waals surface area contributed by atoms with E-state index in [1.165, 1.54) is 11.1 Å². The molecule has 0 fully saturated rings. The zero-order valence-electron chi connectivity index (χ0n) is 12.6. The van der Waals surface area contributed by atoms with Crippen LogP contribution in [0, 0.1) is 0 Å². The predicted octanol–water partition coefficient (Wildman–Crippen LogP) is 3.87. The van der Waals surface area contributed by atoms with Crippen molar-refractivity contribution < 1.29 is 0 Å². The molecule has 0 aliphatic heterocycles. The molecule has 0 atom stereocenters. The number of hydrogen-bond donors (Lipinski definition) is 1. The van der Waals surface area contributed by atoms with Crippen LogP contribution in [0.4, 0.5) is 5.69 Å². The highest BCUT2D eigenvalue weighted by molar-refractivity contribution is 6.30. The molecule has 0 bridgehead atoms. The highest BCUT2D eigenvalue weighted by Crippen LogP contribution is 2.25. The van der Waals surface area contributed by atoms with Gasteiger partial charge in [0.2, 0.25) is 0 Å². The van der Waals surface area contributed by atoms with Gasteiger partial charge >= 0.3 is 0 Å². The molecule has 3 nitrogen and oxygen atoms in total. The molecule has 1 aromatic heterocycles. The molecule has 2 aromatic rings. The number of anilines is 1. The summed E-state index contributed by atoms with van der Waals surface area (Å²) in [4.78, 5) is 6.38. The van der Waals surface area contributed by atoms with Gasteiger partial charge in [0.25, 0.3) is 0 Å². The van der Waals surface area contributed by atoms with Crippen LogP contribution in [0.15, 0.2) is 42.7 Å². The molecule has 112 valence electrons. The number of nitrogens with zero attached hydrogens (tertiary/aromatic N) is 2. The first-order chi connectivity index (χ1) is 10.2. The van der Waals surface area contributed by atoms with Crippen LogP contribution in [0.3, 0.4) is 0 Å². The number of hydrogen-bond acceptors (Lipinski definition) is 3. The van der Waals surface area contributed by atoms with Gasteiger partial charge in [0.1, 0.15) is 0 Å². The van der Waals surface area contributed by atoms with Gasteiger partial charge in [-0.05, 0) is 42.3 Å². The Bertz CT molecular complexity index is 557. The van der Waals surface area contributed by atoms with Crippen molar-refractivity contribution in [3.63, 3.8) is 0 Å². The first-order valence-corrected chi connectivity index (χ1v) is 7.67. The summed E-state index contributed by atoms with van der Waals surface area (Å²) in [6.45, 7) is 4.87. The standard InChI is InChI=1S/C17H22ClN3/c1-3-8-19-12-15-6-7-16(18)10-17(15)21(2)13-14-5-4-9-20-11-14/h4-7,9-11,19H,3,8,12-13H2,1-2H3. The molecule has 0 radical (unpaired) electrons. The molecule has 0 unspecified atom stereocenters. The molecule has 0 aliphatic carbocycles. The summed E-state index contributed by atoms with van der Waals surface area (Å²) < 4.78 is 0. The van der Waals surface area contributed by atoms with Crippen molar-refractivity contribution in [1.29, 1.82) is 0 Å². The maximum Gasteiger partial charge on any atom is 0.0441 e. The highest BCUT2D eigenvalue weighted by Gasteiger charge is 2.09. The Labute approximate surface area is 132 Å². The van der Waals surface area contributed by atoms with Crippen LogP contribution < -0.4 is 10.2 Å². The van der Waals surface area contributed by atoms with Gasteiger partial charge in [-0.25, -0.2) is 0 Å². The SMILES string of the molecule is CCCNCc1ccc(Cl)cc1N(C)Cc1cccnc1. The smallest absolute Gasteiger partial charge is 0.0441 e. The topological polar surface area (TPSA) is 28.2 Å². The van der Waals surface area contributed by atoms with Crippen molar-refractivity contribution in [3.05, 3.63) is 58.9 Å². The number of pyridine rings is 1. The summed E-state index contributed by atoms with van der Waals surface area (Å²) in [5.41, 5.74) is 3.61. The highest BCUT2D eigenvalue weighted by atomic mass is 35.5. The van der Waals surface area contributed by atoms with E-state index in [2.05, 4.69) is 41.3 Å². The van der Waals surface area contributed by atoms with Gasteiger partial charge in [0.15, 0.2) is 0 Å². The Morgan fingerprint density at radius 2 is 2.14 bits per heavy atom. The Kier molecular flexibility index (Phi) is 6.03. The van der Waals surface area contributed by atoms with Gasteiger partial charge in [-0.1, -0.05) is 30.7 Å². The summed E-state index contributed by atoms with van der Waals surface area (Å²) in [6, 6.07) is 10.1. The molecule has 0 amide bonds. The third-order valence-electron chi connectivity index (χ3n) is 3.34. The molecule has 1 N–H and O–H groups in total. The lowest BCUT2D eigenvalue weighted by atomic mass is 10.1. The van der Waals surface area contributed by atoms with Crippen molar-refractivity contribution in [2.45, 2.75) is 26.4 Å². The lowest BCUT2D eigenvalue weighted by Crippen LogP contribution is -2.21. The van der Waals surface area contributed by atoms with E-state index in [1.807, 2.05) is 24.4 Å². The van der Waals surface area contributed by atoms with E-state index < -0.39 is 0 Å². The molecule has 2 rings (SSSR count). The van der Waals surface area contributed by atoms with Crippen LogP contribution in [0.25, 0.3) is 0 Å². The molecule has 1 aromatic carbocycles. The maximum absolute atomic E-state index is 6.17. The van der Waals surface area contributed by atoms with E-state index >= 15 is 0 Å². The number of aromatic nitrogens is 1. The molecule has 0 saturated heterocycles. The molecule has 1 heterocycles. The second-order valence-electron chi connectivity index (χ2n) is 5.17. The minimum atomic E-state index is 0.766. The molecule has 0 spiro atoms. The van der Waals surface area contributed by atoms with Gasteiger partial charge in [-0.3, -0.25) is 4.98 Å². The van der Waals surface area contributed by atoms with E-state index in [0.717, 1.165) is 36.8 Å². The van der Waals surface area contributed by atoms with E-state index in [1.54, 1.807) is 6.20 Å². The van der Waals surface area contributed by atoms with Crippen LogP contribution in [0.2, 0.25) is 5.02 Å². The minimum absolute atomic E-state index is 0.766. The fourth-order valence-corrected chi connectivity index (χ4v) is 2.46. The third-order valence-corrected chi connectivity index (χ3v) is 3.58. The lowest BCUT2D eigenvalue weighted by molar-refractivity contribution is 0.673. The van der Waals surface area contributed by atoms with E-state index in [4.69, 9.17) is 11.6 Å². The Morgan fingerprint density at radius 1 is 1.29 bits per heavy atom. The first-order valence-electron chi connectivity index (χ1n) is 7.30. The zero-order chi connectivity index (χ0) is 15.1. The first kappa shape index (κ1) is 15.8. The minimum Gasteiger partial charge on any atom is -0.370 e. The Balaban J connectivity index is 2.14. The van der Waals surface area contributed by atoms with Crippen LogP contribution in [-0.4, -0.2) is 18.6 Å². The summed E-state index contributed by atoms with van der Waals surface area (Å²) in [7, 11) is 2.09. The van der Waals surface area contributed by atoms with Crippen molar-refractivity contribution in [2.24, 2.45) is 0 Å². The lowest BCUT2D eigenvalue weighted by Gasteiger charge is -2.23. The normalized spacial score (nSPS) is 10.6. The van der Waals surface area contributed by atoms with Gasteiger partial charge < -0.3 is 10.2 Å². The Hall–Kier alpha value is -1.58. The van der Waals surface area contributed by atoms with Crippen LogP contribution >= 0.6 is 11.6 Å². The van der Waals surface area contributed by atoms with E-state index in [-0.39, 0.29) is 0 Å². The average molecular weight is 304 g/mol. The number of benzene rings is 1. The Morgan fingerprint density at radius 3 is 2.86 bits per heavy atom. The average Bonchev–Trinajstić information content (AvgIpc) is 2.50. The predicted molar refractivity (Wildman–Crippen MR) is 89.8 cm³/mol. The van der Waals surface area contributed by atoms with Gasteiger partial charge in [0, 0.05) is 43.2 Å². The van der Waals surface area contributed by atoms with Crippen molar-refractivity contribution >= 4 is 17.3 Å². The summed E-state index contributed by atoms with van der Waals surface area (Å²) in [5, 5.41) is 4.21. The van der Waals surface area contributed by atoms with Crippen molar-refractivity contribution in [3.8, 4) is 0 Å². The summed E-state index contributed by atoms with van der Waals surface area (Å²) >= 11 is 6.17. The summed E-state index contributed by atoms with van der Waals surface area (Å²) in [6.07, 6.45) is 4.83. The van der Waals surface area contributed by atoms with Gasteiger partial charge in [-0.2, -0.15) is 0 Å². The van der Waals surface area contributed by atoms with Crippen molar-refractivity contribution in [2.75, 3.05) is 18.5 Å². The summed E-state index contributed by atoms with van der Waals surface area (Å²) in [5.74, 6) is 0. The van der Waals surface area contributed by atoms with Gasteiger partial charge in [0.05, 0.1) is 0 Å². The van der Waals surface area contributed by atoms with Crippen LogP contribution in [0.5, 0.6) is 0 Å². The third kappa shape index (κ3) is 4.73. The number of nitrogens with one attached hydrogen (secondary N) is 1. The molecular formula is C17H22ClN3. The molecule has 21 heavy (non-hydrogen) atoms. The quantitative estimate of drug-likeness (QED) is 0.787.